The average molecular weight is 208 g/mol. The first-order valence-electron chi connectivity index (χ1n) is 4.93. The van der Waals surface area contributed by atoms with Crippen LogP contribution >= 0.6 is 11.8 Å². The van der Waals surface area contributed by atoms with E-state index in [2.05, 4.69) is 0 Å². The molecule has 0 aromatic heterocycles. The fourth-order valence-electron chi connectivity index (χ4n) is 1.93. The predicted octanol–water partition coefficient (Wildman–Crippen LogP) is 2.68. The van der Waals surface area contributed by atoms with E-state index in [0.29, 0.717) is 0 Å². The third-order valence-corrected chi connectivity index (χ3v) is 3.68. The van der Waals surface area contributed by atoms with Gasteiger partial charge in [-0.25, -0.2) is 0 Å². The minimum Gasteiger partial charge on any atom is -0.448 e. The monoisotopic (exact) mass is 208 g/mol. The quantitative estimate of drug-likeness (QED) is 0.653. The lowest BCUT2D eigenvalue weighted by Gasteiger charge is -2.30. The van der Waals surface area contributed by atoms with Crippen LogP contribution < -0.4 is 9.47 Å². The Morgan fingerprint density at radius 2 is 1.57 bits per heavy atom. The fourth-order valence-corrected chi connectivity index (χ4v) is 3.04. The van der Waals surface area contributed by atoms with Crippen molar-refractivity contribution in [1.29, 1.82) is 0 Å². The molecule has 2 nitrogen and oxygen atoms in total. The van der Waals surface area contributed by atoms with E-state index >= 15 is 0 Å². The van der Waals surface area contributed by atoms with E-state index in [9.17, 15) is 0 Å². The molecule has 0 unspecified atom stereocenters. The summed E-state index contributed by atoms with van der Waals surface area (Å²) in [5.41, 5.74) is 0. The topological polar surface area (TPSA) is 18.5 Å². The summed E-state index contributed by atoms with van der Waals surface area (Å²) >= 11 is 1.97. The molecule has 0 atom stereocenters. The third kappa shape index (κ3) is 1.27. The Morgan fingerprint density at radius 3 is 2.14 bits per heavy atom. The number of fused-ring (bicyclic) bond motifs is 1. The van der Waals surface area contributed by atoms with E-state index in [0.717, 1.165) is 35.8 Å². The van der Waals surface area contributed by atoms with Crippen LogP contribution in [-0.2, 0) is 0 Å². The number of ether oxygens (including phenoxy) is 2. The first-order chi connectivity index (χ1) is 6.88. The van der Waals surface area contributed by atoms with Gasteiger partial charge < -0.3 is 9.47 Å². The van der Waals surface area contributed by atoms with Crippen LogP contribution in [0.15, 0.2) is 24.3 Å². The summed E-state index contributed by atoms with van der Waals surface area (Å²) < 4.78 is 11.8. The van der Waals surface area contributed by atoms with Crippen molar-refractivity contribution in [2.24, 2.45) is 0 Å². The molecule has 0 N–H and O–H groups in total. The highest BCUT2D eigenvalue weighted by Gasteiger charge is 2.42. The van der Waals surface area contributed by atoms with Crippen molar-refractivity contribution in [3.63, 3.8) is 0 Å². The molecule has 1 aromatic carbocycles. The molecule has 0 saturated carbocycles. The largest absolute Gasteiger partial charge is 0.448 e. The lowest BCUT2D eigenvalue weighted by Crippen LogP contribution is -2.41. The van der Waals surface area contributed by atoms with E-state index in [1.165, 1.54) is 0 Å². The molecule has 74 valence electrons. The number of rotatable bonds is 0. The summed E-state index contributed by atoms with van der Waals surface area (Å²) in [4.78, 5) is 0. The normalized spacial score (nSPS) is 22.6. The molecule has 2 aliphatic rings. The summed E-state index contributed by atoms with van der Waals surface area (Å²) in [6.07, 6.45) is 1.98. The number of thioether (sulfide) groups is 1. The Labute approximate surface area is 87.6 Å². The molecule has 0 bridgehead atoms. The molecule has 1 fully saturated rings. The van der Waals surface area contributed by atoms with Gasteiger partial charge in [0.1, 0.15) is 0 Å². The molecule has 2 aliphatic heterocycles. The van der Waals surface area contributed by atoms with Gasteiger partial charge in [-0.05, 0) is 12.1 Å². The summed E-state index contributed by atoms with van der Waals surface area (Å²) in [5, 5.41) is 0. The highest BCUT2D eigenvalue weighted by molar-refractivity contribution is 7.99. The molecule has 2 heterocycles. The van der Waals surface area contributed by atoms with Gasteiger partial charge in [0.05, 0.1) is 0 Å². The van der Waals surface area contributed by atoms with Gasteiger partial charge >= 0.3 is 0 Å². The fraction of sp³-hybridized carbons (Fsp3) is 0.455. The van der Waals surface area contributed by atoms with Gasteiger partial charge in [-0.2, -0.15) is 11.8 Å². The van der Waals surface area contributed by atoms with E-state index in [-0.39, 0.29) is 5.79 Å². The molecular weight excluding hydrogens is 196 g/mol. The van der Waals surface area contributed by atoms with Crippen LogP contribution in [-0.4, -0.2) is 17.3 Å². The second kappa shape index (κ2) is 3.09. The van der Waals surface area contributed by atoms with Crippen LogP contribution in [0.2, 0.25) is 0 Å². The second-order valence-electron chi connectivity index (χ2n) is 3.67. The minimum atomic E-state index is -0.338. The standard InChI is InChI=1S/C11H12O2S/c1-2-4-10-9(3-1)12-11(13-10)5-7-14-8-6-11/h1-4H,5-8H2. The maximum atomic E-state index is 5.90. The Balaban J connectivity index is 1.89. The summed E-state index contributed by atoms with van der Waals surface area (Å²) in [6.45, 7) is 0. The molecule has 1 saturated heterocycles. The number of benzene rings is 1. The Bertz CT molecular complexity index is 318. The van der Waals surface area contributed by atoms with Gasteiger partial charge in [-0.15, -0.1) is 0 Å². The molecule has 0 aliphatic carbocycles. The zero-order chi connectivity index (χ0) is 9.43. The first-order valence-corrected chi connectivity index (χ1v) is 6.08. The molecule has 1 aromatic rings. The van der Waals surface area contributed by atoms with Crippen LogP contribution in [0, 0.1) is 0 Å². The smallest absolute Gasteiger partial charge is 0.253 e. The van der Waals surface area contributed by atoms with Crippen LogP contribution in [0.25, 0.3) is 0 Å². The van der Waals surface area contributed by atoms with Crippen LogP contribution in [0.4, 0.5) is 0 Å². The third-order valence-electron chi connectivity index (χ3n) is 2.70. The SMILES string of the molecule is c1ccc2c(c1)OC1(CCSCC1)O2. The van der Waals surface area contributed by atoms with Crippen molar-refractivity contribution >= 4 is 11.8 Å². The van der Waals surface area contributed by atoms with Crippen molar-refractivity contribution in [3.05, 3.63) is 24.3 Å². The maximum absolute atomic E-state index is 5.90. The van der Waals surface area contributed by atoms with E-state index in [1.807, 2.05) is 36.0 Å². The van der Waals surface area contributed by atoms with Gasteiger partial charge in [0.15, 0.2) is 11.5 Å². The number of hydrogen-bond acceptors (Lipinski definition) is 3. The van der Waals surface area contributed by atoms with Gasteiger partial charge in [0.2, 0.25) is 0 Å². The summed E-state index contributed by atoms with van der Waals surface area (Å²) in [7, 11) is 0. The number of hydrogen-bond donors (Lipinski definition) is 0. The van der Waals surface area contributed by atoms with E-state index in [4.69, 9.17) is 9.47 Å². The van der Waals surface area contributed by atoms with Crippen molar-refractivity contribution in [2.45, 2.75) is 18.6 Å². The average Bonchev–Trinajstić information content (AvgIpc) is 2.56. The second-order valence-corrected chi connectivity index (χ2v) is 4.90. The van der Waals surface area contributed by atoms with Crippen molar-refractivity contribution in [3.8, 4) is 11.5 Å². The van der Waals surface area contributed by atoms with Crippen molar-refractivity contribution < 1.29 is 9.47 Å². The number of para-hydroxylation sites is 2. The Kier molecular flexibility index (Phi) is 1.87. The van der Waals surface area contributed by atoms with Gasteiger partial charge in [0, 0.05) is 24.3 Å². The highest BCUT2D eigenvalue weighted by Crippen LogP contribution is 2.44. The zero-order valence-corrected chi connectivity index (χ0v) is 8.68. The van der Waals surface area contributed by atoms with Crippen LogP contribution in [0.5, 0.6) is 11.5 Å². The van der Waals surface area contributed by atoms with Crippen LogP contribution in [0.3, 0.4) is 0 Å². The maximum Gasteiger partial charge on any atom is 0.253 e. The van der Waals surface area contributed by atoms with Crippen molar-refractivity contribution in [1.82, 2.24) is 0 Å². The molecule has 0 radical (unpaired) electrons. The summed E-state index contributed by atoms with van der Waals surface area (Å²) in [6, 6.07) is 7.93. The highest BCUT2D eigenvalue weighted by atomic mass is 32.2. The zero-order valence-electron chi connectivity index (χ0n) is 7.86. The van der Waals surface area contributed by atoms with Gasteiger partial charge in [0.25, 0.3) is 5.79 Å². The van der Waals surface area contributed by atoms with Gasteiger partial charge in [-0.3, -0.25) is 0 Å². The molecule has 1 spiro atoms. The van der Waals surface area contributed by atoms with Crippen molar-refractivity contribution in [2.75, 3.05) is 11.5 Å². The molecular formula is C11H12O2S. The lowest BCUT2D eigenvalue weighted by molar-refractivity contribution is -0.0844. The predicted molar refractivity (Wildman–Crippen MR) is 57.0 cm³/mol. The molecule has 0 amide bonds. The van der Waals surface area contributed by atoms with Gasteiger partial charge in [-0.1, -0.05) is 12.1 Å². The van der Waals surface area contributed by atoms with Crippen LogP contribution in [0.1, 0.15) is 12.8 Å². The lowest BCUT2D eigenvalue weighted by atomic mass is 10.1. The Hall–Kier alpha value is -0.830. The molecule has 3 heteroatoms. The minimum absolute atomic E-state index is 0.338. The van der Waals surface area contributed by atoms with E-state index in [1.54, 1.807) is 0 Å². The Morgan fingerprint density at radius 1 is 1.00 bits per heavy atom. The molecule has 14 heavy (non-hydrogen) atoms. The first kappa shape index (κ1) is 8.48. The molecule has 3 rings (SSSR count). The van der Waals surface area contributed by atoms with E-state index < -0.39 is 0 Å². The summed E-state index contributed by atoms with van der Waals surface area (Å²) in [5.74, 6) is 3.73.